The van der Waals surface area contributed by atoms with Crippen molar-refractivity contribution >= 4 is 38.6 Å². The van der Waals surface area contributed by atoms with Crippen LogP contribution in [0.25, 0.3) is 11.0 Å². The zero-order chi connectivity index (χ0) is 14.6. The summed E-state index contributed by atoms with van der Waals surface area (Å²) in [6, 6.07) is 4.81. The molecule has 4 N–H and O–H groups in total. The molecule has 108 valence electrons. The number of nitrogens with one attached hydrogen (secondary N) is 1. The zero-order valence-electron chi connectivity index (χ0n) is 10.4. The Balaban J connectivity index is 2.09. The molecule has 1 aromatic heterocycles. The van der Waals surface area contributed by atoms with E-state index in [9.17, 15) is 8.42 Å². The molecule has 0 unspecified atom stereocenters. The molecule has 20 heavy (non-hydrogen) atoms. The van der Waals surface area contributed by atoms with E-state index >= 15 is 0 Å². The summed E-state index contributed by atoms with van der Waals surface area (Å²) in [4.78, 5) is 0.104. The molecule has 0 fully saturated rings. The fourth-order valence-electron chi connectivity index (χ4n) is 1.60. The average Bonchev–Trinajstić information content (AvgIpc) is 2.91. The normalized spacial score (nSPS) is 12.9. The smallest absolute Gasteiger partial charge is 0.242 e. The van der Waals surface area contributed by atoms with Gasteiger partial charge in [-0.2, -0.15) is 8.75 Å². The summed E-state index contributed by atoms with van der Waals surface area (Å²) in [5.74, 6) is 0.0648. The fourth-order valence-corrected chi connectivity index (χ4v) is 3.44. The van der Waals surface area contributed by atoms with E-state index in [1.165, 1.54) is 6.07 Å². The Morgan fingerprint density at radius 3 is 3.00 bits per heavy atom. The van der Waals surface area contributed by atoms with E-state index in [4.69, 9.17) is 10.9 Å². The van der Waals surface area contributed by atoms with Crippen molar-refractivity contribution < 1.29 is 13.6 Å². The van der Waals surface area contributed by atoms with E-state index < -0.39 is 10.0 Å². The molecule has 0 amide bonds. The first-order valence-electron chi connectivity index (χ1n) is 5.72. The quantitative estimate of drug-likeness (QED) is 0.234. The van der Waals surface area contributed by atoms with Crippen LogP contribution in [-0.4, -0.2) is 34.8 Å². The molecule has 2 rings (SSSR count). The summed E-state index contributed by atoms with van der Waals surface area (Å²) in [7, 11) is -3.65. The summed E-state index contributed by atoms with van der Waals surface area (Å²) < 4.78 is 34.8. The standard InChI is InChI=1S/C10H13N5O3S2/c11-9(13-16)5-2-6-12-20(17,18)8-4-1-3-7-10(8)15-19-14-7/h1,3-4,12,16H,2,5-6H2,(H2,11,13). The first-order chi connectivity index (χ1) is 9.54. The van der Waals surface area contributed by atoms with Crippen LogP contribution in [0.5, 0.6) is 0 Å². The Morgan fingerprint density at radius 1 is 1.45 bits per heavy atom. The highest BCUT2D eigenvalue weighted by atomic mass is 32.2. The molecule has 2 aromatic rings. The minimum Gasteiger partial charge on any atom is -0.409 e. The number of fused-ring (bicyclic) bond motifs is 1. The van der Waals surface area contributed by atoms with Crippen LogP contribution in [0.1, 0.15) is 12.8 Å². The molecule has 1 aromatic carbocycles. The number of benzene rings is 1. The molecule has 1 heterocycles. The molecule has 0 aliphatic carbocycles. The molecule has 10 heteroatoms. The molecule has 0 aliphatic rings. The van der Waals surface area contributed by atoms with Gasteiger partial charge in [-0.15, -0.1) is 0 Å². The Morgan fingerprint density at radius 2 is 2.25 bits per heavy atom. The second-order valence-corrected chi connectivity index (χ2v) is 6.24. The zero-order valence-corrected chi connectivity index (χ0v) is 12.0. The topological polar surface area (TPSA) is 131 Å². The van der Waals surface area contributed by atoms with Crippen molar-refractivity contribution in [3.8, 4) is 0 Å². The van der Waals surface area contributed by atoms with Gasteiger partial charge in [0.15, 0.2) is 0 Å². The highest BCUT2D eigenvalue weighted by Gasteiger charge is 2.18. The SMILES string of the molecule is NC(CCCNS(=O)(=O)c1cccc2nsnc12)=NO. The largest absolute Gasteiger partial charge is 0.409 e. The number of sulfonamides is 1. The van der Waals surface area contributed by atoms with Gasteiger partial charge in [0.1, 0.15) is 21.8 Å². The van der Waals surface area contributed by atoms with Crippen LogP contribution in [0.3, 0.4) is 0 Å². The monoisotopic (exact) mass is 315 g/mol. The maximum absolute atomic E-state index is 12.2. The number of nitrogens with two attached hydrogens (primary N) is 1. The van der Waals surface area contributed by atoms with Gasteiger partial charge in [0.05, 0.1) is 11.7 Å². The van der Waals surface area contributed by atoms with Crippen molar-refractivity contribution in [2.24, 2.45) is 10.9 Å². The van der Waals surface area contributed by atoms with E-state index in [0.29, 0.717) is 23.9 Å². The number of rotatable bonds is 6. The van der Waals surface area contributed by atoms with Crippen LogP contribution >= 0.6 is 11.7 Å². The lowest BCUT2D eigenvalue weighted by molar-refractivity contribution is 0.316. The van der Waals surface area contributed by atoms with Gasteiger partial charge in [-0.25, -0.2) is 13.1 Å². The van der Waals surface area contributed by atoms with E-state index in [1.807, 2.05) is 0 Å². The van der Waals surface area contributed by atoms with Crippen molar-refractivity contribution in [2.75, 3.05) is 6.54 Å². The third kappa shape index (κ3) is 3.21. The molecule has 0 atom stereocenters. The van der Waals surface area contributed by atoms with Crippen LogP contribution in [0.4, 0.5) is 0 Å². The van der Waals surface area contributed by atoms with Gasteiger partial charge in [0, 0.05) is 13.0 Å². The molecular formula is C10H13N5O3S2. The second kappa shape index (κ2) is 6.11. The Labute approximate surface area is 119 Å². The summed E-state index contributed by atoms with van der Waals surface area (Å²) in [5, 5.41) is 11.2. The predicted octanol–water partition coefficient (Wildman–Crippen LogP) is 0.496. The molecule has 0 radical (unpaired) electrons. The fraction of sp³-hybridized carbons (Fsp3) is 0.300. The van der Waals surface area contributed by atoms with Gasteiger partial charge in [-0.05, 0) is 18.6 Å². The minimum absolute atomic E-state index is 0.0648. The lowest BCUT2D eigenvalue weighted by Gasteiger charge is -2.06. The molecule has 0 aliphatic heterocycles. The van der Waals surface area contributed by atoms with Crippen LogP contribution in [0.2, 0.25) is 0 Å². The Hall–Kier alpha value is -1.78. The third-order valence-corrected chi connectivity index (χ3v) is 4.60. The Bertz CT molecular complexity index is 725. The Kier molecular flexibility index (Phi) is 4.47. The van der Waals surface area contributed by atoms with Gasteiger partial charge < -0.3 is 10.9 Å². The van der Waals surface area contributed by atoms with E-state index in [-0.39, 0.29) is 17.3 Å². The van der Waals surface area contributed by atoms with Gasteiger partial charge >= 0.3 is 0 Å². The average molecular weight is 315 g/mol. The van der Waals surface area contributed by atoms with Crippen molar-refractivity contribution in [2.45, 2.75) is 17.7 Å². The van der Waals surface area contributed by atoms with Gasteiger partial charge in [0.2, 0.25) is 10.0 Å². The maximum Gasteiger partial charge on any atom is 0.242 e. The molecule has 0 saturated heterocycles. The van der Waals surface area contributed by atoms with Crippen molar-refractivity contribution in [3.05, 3.63) is 18.2 Å². The van der Waals surface area contributed by atoms with Crippen LogP contribution in [0, 0.1) is 0 Å². The number of oxime groups is 1. The lowest BCUT2D eigenvalue weighted by Crippen LogP contribution is -2.26. The number of hydrogen-bond donors (Lipinski definition) is 3. The van der Waals surface area contributed by atoms with Crippen molar-refractivity contribution in [1.82, 2.24) is 13.5 Å². The minimum atomic E-state index is -3.65. The molecular weight excluding hydrogens is 302 g/mol. The third-order valence-electron chi connectivity index (χ3n) is 2.57. The second-order valence-electron chi connectivity index (χ2n) is 3.98. The van der Waals surface area contributed by atoms with E-state index in [1.54, 1.807) is 12.1 Å². The van der Waals surface area contributed by atoms with E-state index in [2.05, 4.69) is 18.6 Å². The first kappa shape index (κ1) is 14.6. The summed E-state index contributed by atoms with van der Waals surface area (Å²) in [5.41, 5.74) is 6.21. The van der Waals surface area contributed by atoms with Crippen molar-refractivity contribution in [3.63, 3.8) is 0 Å². The maximum atomic E-state index is 12.2. The molecule has 0 bridgehead atoms. The summed E-state index contributed by atoms with van der Waals surface area (Å²) >= 11 is 0.966. The number of amidine groups is 1. The van der Waals surface area contributed by atoms with Gasteiger partial charge in [-0.1, -0.05) is 11.2 Å². The lowest BCUT2D eigenvalue weighted by atomic mass is 10.3. The van der Waals surface area contributed by atoms with Crippen LogP contribution in [-0.2, 0) is 10.0 Å². The summed E-state index contributed by atoms with van der Waals surface area (Å²) in [6.45, 7) is 0.187. The number of aromatic nitrogens is 2. The van der Waals surface area contributed by atoms with Gasteiger partial charge in [0.25, 0.3) is 0 Å². The highest BCUT2D eigenvalue weighted by molar-refractivity contribution is 7.89. The van der Waals surface area contributed by atoms with Crippen LogP contribution in [0.15, 0.2) is 28.3 Å². The highest BCUT2D eigenvalue weighted by Crippen LogP contribution is 2.20. The number of hydrogen-bond acceptors (Lipinski definition) is 7. The molecule has 8 nitrogen and oxygen atoms in total. The summed E-state index contributed by atoms with van der Waals surface area (Å²) in [6.07, 6.45) is 0.738. The van der Waals surface area contributed by atoms with Crippen LogP contribution < -0.4 is 10.5 Å². The number of nitrogens with zero attached hydrogens (tertiary/aromatic N) is 3. The van der Waals surface area contributed by atoms with Gasteiger partial charge in [-0.3, -0.25) is 0 Å². The van der Waals surface area contributed by atoms with Crippen molar-refractivity contribution in [1.29, 1.82) is 0 Å². The predicted molar refractivity (Wildman–Crippen MR) is 75.2 cm³/mol. The molecule has 0 saturated carbocycles. The first-order valence-corrected chi connectivity index (χ1v) is 7.93. The molecule has 0 spiro atoms. The van der Waals surface area contributed by atoms with E-state index in [0.717, 1.165) is 11.7 Å².